The van der Waals surface area contributed by atoms with Crippen LogP contribution in [0.1, 0.15) is 61.8 Å². The normalized spacial score (nSPS) is 11.9. The summed E-state index contributed by atoms with van der Waals surface area (Å²) >= 11 is 0. The number of hydrogen-bond acceptors (Lipinski definition) is 2. The molecule has 0 heterocycles. The molecular weight excluding hydrogens is 340 g/mol. The van der Waals surface area contributed by atoms with E-state index in [0.717, 1.165) is 35.6 Å². The Morgan fingerprint density at radius 2 is 1.25 bits per heavy atom. The summed E-state index contributed by atoms with van der Waals surface area (Å²) in [5.41, 5.74) is 8.33. The maximum Gasteiger partial charge on any atom is 0.135 e. The Labute approximate surface area is 170 Å². The van der Waals surface area contributed by atoms with Crippen LogP contribution in [0.4, 0.5) is 11.4 Å². The van der Waals surface area contributed by atoms with Crippen LogP contribution in [0.25, 0.3) is 0 Å². The Morgan fingerprint density at radius 1 is 0.750 bits per heavy atom. The highest BCUT2D eigenvalue weighted by Crippen LogP contribution is 2.20. The summed E-state index contributed by atoms with van der Waals surface area (Å²) in [4.78, 5) is 9.67. The molecule has 0 aliphatic heterocycles. The molecule has 0 spiro atoms. The lowest BCUT2D eigenvalue weighted by atomic mass is 10.1. The molecule has 2 rings (SSSR count). The van der Waals surface area contributed by atoms with E-state index in [1.54, 1.807) is 0 Å². The number of unbranched alkanes of at least 4 members (excludes halogenated alkanes) is 3. The fourth-order valence-electron chi connectivity index (χ4n) is 3.22. The summed E-state index contributed by atoms with van der Waals surface area (Å²) in [6.45, 7) is 12.6. The van der Waals surface area contributed by atoms with Crippen LogP contribution in [-0.2, 0) is 0 Å². The fraction of sp³-hybridized carbons (Fsp3) is 0.385. The summed E-state index contributed by atoms with van der Waals surface area (Å²) in [6.07, 6.45) is 4.45. The van der Waals surface area contributed by atoms with Crippen molar-refractivity contribution in [2.75, 3.05) is 0 Å². The Kier molecular flexibility index (Phi) is 8.20. The van der Waals surface area contributed by atoms with Gasteiger partial charge in [-0.3, -0.25) is 4.99 Å². The molecule has 2 aromatic rings. The number of nitrogens with zero attached hydrogens (tertiary/aromatic N) is 2. The van der Waals surface area contributed by atoms with Gasteiger partial charge in [-0.05, 0) is 93.5 Å². The third kappa shape index (κ3) is 7.16. The highest BCUT2D eigenvalue weighted by Gasteiger charge is 2.04. The third-order valence-electron chi connectivity index (χ3n) is 4.41. The van der Waals surface area contributed by atoms with Gasteiger partial charge in [0.05, 0.1) is 17.1 Å². The highest BCUT2D eigenvalue weighted by molar-refractivity contribution is 6.48. The van der Waals surface area contributed by atoms with E-state index < -0.39 is 0 Å². The van der Waals surface area contributed by atoms with Gasteiger partial charge in [-0.2, -0.15) is 0 Å². The maximum atomic E-state index is 4.85. The van der Waals surface area contributed by atoms with Crippen molar-refractivity contribution in [1.82, 2.24) is 0 Å². The Bertz CT molecular complexity index is 896. The Hall–Kier alpha value is -2.66. The predicted molar refractivity (Wildman–Crippen MR) is 124 cm³/mol. The van der Waals surface area contributed by atoms with Gasteiger partial charge in [-0.15, -0.1) is 0 Å². The minimum atomic E-state index is 0.751. The van der Waals surface area contributed by atoms with Crippen LogP contribution in [0, 0.1) is 39.5 Å². The molecule has 28 heavy (non-hydrogen) atoms. The summed E-state index contributed by atoms with van der Waals surface area (Å²) < 4.78 is 0. The van der Waals surface area contributed by atoms with Crippen LogP contribution in [0.5, 0.6) is 0 Å². The molecule has 0 atom stereocenters. The van der Waals surface area contributed by atoms with Crippen LogP contribution < -0.4 is 0 Å². The molecule has 0 aliphatic rings. The number of benzene rings is 2. The zero-order valence-electron chi connectivity index (χ0n) is 18.2. The van der Waals surface area contributed by atoms with Crippen molar-refractivity contribution >= 4 is 22.8 Å². The molecule has 0 saturated carbocycles. The zero-order valence-corrected chi connectivity index (χ0v) is 18.2. The summed E-state index contributed by atoms with van der Waals surface area (Å²) in [7, 11) is 0. The molecule has 0 saturated heterocycles. The van der Waals surface area contributed by atoms with E-state index in [1.807, 2.05) is 6.92 Å². The van der Waals surface area contributed by atoms with Gasteiger partial charge in [-0.1, -0.05) is 37.8 Å². The van der Waals surface area contributed by atoms with E-state index in [4.69, 9.17) is 9.98 Å². The SMILES string of the molecule is CCCCCC#CC(=Nc1cc(C)cc(C)c1)C(C)=Nc1cc(C)cc(C)c1. The molecule has 0 aliphatic carbocycles. The number of hydrogen-bond donors (Lipinski definition) is 0. The van der Waals surface area contributed by atoms with Gasteiger partial charge in [0, 0.05) is 6.42 Å². The summed E-state index contributed by atoms with van der Waals surface area (Å²) in [5, 5.41) is 0. The van der Waals surface area contributed by atoms with Crippen molar-refractivity contribution in [3.05, 3.63) is 58.7 Å². The molecule has 146 valence electrons. The van der Waals surface area contributed by atoms with Crippen molar-refractivity contribution in [3.8, 4) is 11.8 Å². The van der Waals surface area contributed by atoms with Gasteiger partial charge in [0.25, 0.3) is 0 Å². The van der Waals surface area contributed by atoms with Crippen LogP contribution in [0.2, 0.25) is 0 Å². The number of rotatable bonds is 6. The molecule has 2 nitrogen and oxygen atoms in total. The fourth-order valence-corrected chi connectivity index (χ4v) is 3.22. The van der Waals surface area contributed by atoms with Gasteiger partial charge in [0.15, 0.2) is 0 Å². The first-order valence-electron chi connectivity index (χ1n) is 10.2. The predicted octanol–water partition coefficient (Wildman–Crippen LogP) is 7.37. The largest absolute Gasteiger partial charge is 0.251 e. The van der Waals surface area contributed by atoms with Gasteiger partial charge >= 0.3 is 0 Å². The number of aliphatic imine (C=N–C) groups is 2. The van der Waals surface area contributed by atoms with E-state index in [-0.39, 0.29) is 0 Å². The summed E-state index contributed by atoms with van der Waals surface area (Å²) in [6, 6.07) is 12.7. The minimum absolute atomic E-state index is 0.751. The second-order valence-corrected chi connectivity index (χ2v) is 7.61. The molecule has 2 heteroatoms. The average molecular weight is 373 g/mol. The van der Waals surface area contributed by atoms with Crippen molar-refractivity contribution in [1.29, 1.82) is 0 Å². The molecule has 0 N–H and O–H groups in total. The van der Waals surface area contributed by atoms with Crippen molar-refractivity contribution < 1.29 is 0 Å². The molecule has 0 radical (unpaired) electrons. The molecule has 0 aromatic heterocycles. The number of aryl methyl sites for hydroxylation is 4. The maximum absolute atomic E-state index is 4.85. The smallest absolute Gasteiger partial charge is 0.135 e. The summed E-state index contributed by atoms with van der Waals surface area (Å²) in [5.74, 6) is 6.58. The molecule has 0 amide bonds. The monoisotopic (exact) mass is 372 g/mol. The van der Waals surface area contributed by atoms with Crippen LogP contribution in [0.3, 0.4) is 0 Å². The lowest BCUT2D eigenvalue weighted by Crippen LogP contribution is -2.07. The van der Waals surface area contributed by atoms with Gasteiger partial charge in [0.2, 0.25) is 0 Å². The quantitative estimate of drug-likeness (QED) is 0.287. The van der Waals surface area contributed by atoms with E-state index in [0.29, 0.717) is 0 Å². The molecule has 0 bridgehead atoms. The lowest BCUT2D eigenvalue weighted by Gasteiger charge is -2.05. The third-order valence-corrected chi connectivity index (χ3v) is 4.41. The molecule has 0 fully saturated rings. The first kappa shape index (κ1) is 21.6. The molecule has 2 aromatic carbocycles. The molecular formula is C26H32N2. The van der Waals surface area contributed by atoms with Crippen LogP contribution in [-0.4, -0.2) is 11.4 Å². The van der Waals surface area contributed by atoms with Gasteiger partial charge < -0.3 is 0 Å². The van der Waals surface area contributed by atoms with Crippen molar-refractivity contribution in [3.63, 3.8) is 0 Å². The van der Waals surface area contributed by atoms with Gasteiger partial charge in [0.1, 0.15) is 5.71 Å². The topological polar surface area (TPSA) is 24.7 Å². The zero-order chi connectivity index (χ0) is 20.5. The highest BCUT2D eigenvalue weighted by atomic mass is 14.8. The average Bonchev–Trinajstić information content (AvgIpc) is 2.58. The second-order valence-electron chi connectivity index (χ2n) is 7.61. The van der Waals surface area contributed by atoms with E-state index in [9.17, 15) is 0 Å². The second kappa shape index (κ2) is 10.6. The van der Waals surface area contributed by atoms with Crippen LogP contribution in [0.15, 0.2) is 46.4 Å². The first-order chi connectivity index (χ1) is 13.4. The lowest BCUT2D eigenvalue weighted by molar-refractivity contribution is 0.737. The van der Waals surface area contributed by atoms with E-state index in [1.165, 1.54) is 35.1 Å². The first-order valence-corrected chi connectivity index (χ1v) is 10.2. The van der Waals surface area contributed by atoms with Crippen molar-refractivity contribution in [2.24, 2.45) is 9.98 Å². The Balaban J connectivity index is 2.41. The standard InChI is InChI=1S/C26H32N2/c1-7-8-9-10-11-12-26(28-25-17-21(4)14-22(5)18-25)23(6)27-24-15-19(2)13-20(3)16-24/h13-18H,7-10H2,1-6H3. The minimum Gasteiger partial charge on any atom is -0.251 e. The van der Waals surface area contributed by atoms with E-state index in [2.05, 4.69) is 82.9 Å². The van der Waals surface area contributed by atoms with E-state index >= 15 is 0 Å². The molecule has 0 unspecified atom stereocenters. The van der Waals surface area contributed by atoms with Crippen LogP contribution >= 0.6 is 0 Å². The van der Waals surface area contributed by atoms with Crippen molar-refractivity contribution in [2.45, 2.75) is 67.2 Å². The Morgan fingerprint density at radius 3 is 1.75 bits per heavy atom. The van der Waals surface area contributed by atoms with Gasteiger partial charge in [-0.25, -0.2) is 4.99 Å².